The first-order valence-electron chi connectivity index (χ1n) is 9.50. The number of amides is 2. The van der Waals surface area contributed by atoms with Crippen LogP contribution in [0.3, 0.4) is 0 Å². The maximum atomic E-state index is 15.4. The molecule has 5 rings (SSSR count). The Balaban J connectivity index is 0.00000245. The number of carbonyl (C=O) groups excluding carboxylic acids is 2. The minimum absolute atomic E-state index is 0. The SMILES string of the molecule is O=C1CCC(n2c(=O)oc3ccc(Cn4nnc(-c5ccccc5)n4)c(F)c32)C(=O)N1.[HH]. The van der Waals surface area contributed by atoms with Gasteiger partial charge in [0.05, 0.1) is 6.54 Å². The number of carbonyl (C=O) groups is 2. The summed E-state index contributed by atoms with van der Waals surface area (Å²) >= 11 is 0. The number of aromatic nitrogens is 5. The summed E-state index contributed by atoms with van der Waals surface area (Å²) in [5.74, 6) is -2.31. The van der Waals surface area contributed by atoms with Crippen LogP contribution in [-0.2, 0) is 16.1 Å². The summed E-state index contributed by atoms with van der Waals surface area (Å²) < 4.78 is 21.5. The van der Waals surface area contributed by atoms with Gasteiger partial charge in [0, 0.05) is 19.0 Å². The van der Waals surface area contributed by atoms with Gasteiger partial charge in [0.2, 0.25) is 17.6 Å². The Labute approximate surface area is 174 Å². The lowest BCUT2D eigenvalue weighted by atomic mass is 10.1. The number of nitrogens with one attached hydrogen (secondary N) is 1. The molecule has 1 aliphatic rings. The highest BCUT2D eigenvalue weighted by atomic mass is 19.1. The van der Waals surface area contributed by atoms with Gasteiger partial charge in [0.1, 0.15) is 11.6 Å². The van der Waals surface area contributed by atoms with Gasteiger partial charge >= 0.3 is 5.76 Å². The van der Waals surface area contributed by atoms with Crippen molar-refractivity contribution < 1.29 is 19.8 Å². The fourth-order valence-electron chi connectivity index (χ4n) is 3.63. The second kappa shape index (κ2) is 7.27. The molecule has 1 unspecified atom stereocenters. The minimum atomic E-state index is -1.04. The van der Waals surface area contributed by atoms with Crippen molar-refractivity contribution in [1.82, 2.24) is 30.1 Å². The Bertz CT molecular complexity index is 1380. The predicted molar refractivity (Wildman–Crippen MR) is 106 cm³/mol. The molecule has 1 aliphatic heterocycles. The predicted octanol–water partition coefficient (Wildman–Crippen LogP) is 1.66. The standard InChI is InChI=1S/C20H15FN6O4.H2/c21-16-12(10-26-24-18(23-25-26)11-4-2-1-3-5-11)6-8-14-17(16)27(20(30)31-14)13-7-9-15(28)22-19(13)29;/h1-6,8,13H,7,9-10H2,(H,22,28,29);1H. The van der Waals surface area contributed by atoms with Crippen molar-refractivity contribution in [1.29, 1.82) is 0 Å². The number of benzene rings is 2. The van der Waals surface area contributed by atoms with Crippen molar-refractivity contribution in [3.8, 4) is 11.4 Å². The highest BCUT2D eigenvalue weighted by Gasteiger charge is 2.32. The number of oxazole rings is 1. The van der Waals surface area contributed by atoms with Gasteiger partial charge in [0.25, 0.3) is 0 Å². The molecule has 0 saturated carbocycles. The van der Waals surface area contributed by atoms with E-state index in [0.29, 0.717) is 5.82 Å². The molecular weight excluding hydrogens is 407 g/mol. The lowest BCUT2D eigenvalue weighted by Crippen LogP contribution is -2.43. The van der Waals surface area contributed by atoms with Crippen LogP contribution in [0.4, 0.5) is 4.39 Å². The maximum Gasteiger partial charge on any atom is 0.420 e. The normalized spacial score (nSPS) is 16.6. The first-order valence-corrected chi connectivity index (χ1v) is 9.50. The van der Waals surface area contributed by atoms with Crippen LogP contribution in [0.25, 0.3) is 22.5 Å². The molecule has 10 nitrogen and oxygen atoms in total. The molecule has 2 aromatic heterocycles. The Morgan fingerprint density at radius 2 is 1.97 bits per heavy atom. The van der Waals surface area contributed by atoms with Crippen LogP contribution in [0, 0.1) is 5.82 Å². The van der Waals surface area contributed by atoms with E-state index >= 15 is 4.39 Å². The number of piperidine rings is 1. The van der Waals surface area contributed by atoms with Gasteiger partial charge in [-0.05, 0) is 17.7 Å². The highest BCUT2D eigenvalue weighted by molar-refractivity contribution is 6.00. The van der Waals surface area contributed by atoms with Crippen molar-refractivity contribution in [2.45, 2.75) is 25.4 Å². The number of rotatable bonds is 4. The first kappa shape index (κ1) is 18.9. The van der Waals surface area contributed by atoms with Crippen LogP contribution >= 0.6 is 0 Å². The third-order valence-corrected chi connectivity index (χ3v) is 5.11. The molecular formula is C20H17FN6O4. The van der Waals surface area contributed by atoms with Crippen molar-refractivity contribution in [2.24, 2.45) is 0 Å². The molecule has 1 N–H and O–H groups in total. The van der Waals surface area contributed by atoms with Crippen molar-refractivity contribution in [2.75, 3.05) is 0 Å². The molecule has 2 aromatic carbocycles. The van der Waals surface area contributed by atoms with E-state index in [-0.39, 0.29) is 37.5 Å². The maximum absolute atomic E-state index is 15.4. The van der Waals surface area contributed by atoms with E-state index in [0.717, 1.165) is 10.1 Å². The minimum Gasteiger partial charge on any atom is -0.408 e. The number of imide groups is 1. The largest absolute Gasteiger partial charge is 0.420 e. The summed E-state index contributed by atoms with van der Waals surface area (Å²) in [6, 6.07) is 11.1. The van der Waals surface area contributed by atoms with Gasteiger partial charge in [-0.2, -0.15) is 4.80 Å². The fourth-order valence-corrected chi connectivity index (χ4v) is 3.63. The van der Waals surface area contributed by atoms with E-state index in [1.54, 1.807) is 0 Å². The fraction of sp³-hybridized carbons (Fsp3) is 0.200. The zero-order chi connectivity index (χ0) is 21.5. The van der Waals surface area contributed by atoms with E-state index in [4.69, 9.17) is 4.42 Å². The van der Waals surface area contributed by atoms with Crippen LogP contribution < -0.4 is 11.1 Å². The molecule has 1 atom stereocenters. The highest BCUT2D eigenvalue weighted by Crippen LogP contribution is 2.27. The van der Waals surface area contributed by atoms with Crippen LogP contribution in [0.2, 0.25) is 0 Å². The summed E-state index contributed by atoms with van der Waals surface area (Å²) in [5, 5.41) is 14.4. The first-order chi connectivity index (χ1) is 15.0. The lowest BCUT2D eigenvalue weighted by molar-refractivity contribution is -0.135. The summed E-state index contributed by atoms with van der Waals surface area (Å²) in [6.07, 6.45) is 0.121. The van der Waals surface area contributed by atoms with Gasteiger partial charge < -0.3 is 4.42 Å². The van der Waals surface area contributed by atoms with Gasteiger partial charge in [-0.1, -0.05) is 36.4 Å². The molecule has 1 saturated heterocycles. The Morgan fingerprint density at radius 1 is 1.16 bits per heavy atom. The molecule has 3 heterocycles. The van der Waals surface area contributed by atoms with Crippen molar-refractivity contribution in [3.05, 3.63) is 64.4 Å². The molecule has 1 fully saturated rings. The Morgan fingerprint density at radius 3 is 2.74 bits per heavy atom. The summed E-state index contributed by atoms with van der Waals surface area (Å²) in [7, 11) is 0. The zero-order valence-electron chi connectivity index (χ0n) is 16.0. The summed E-state index contributed by atoms with van der Waals surface area (Å²) in [6.45, 7) is -0.0453. The zero-order valence-corrected chi connectivity index (χ0v) is 16.0. The number of fused-ring (bicyclic) bond motifs is 1. The molecule has 0 aliphatic carbocycles. The molecule has 11 heteroatoms. The smallest absolute Gasteiger partial charge is 0.408 e. The van der Waals surface area contributed by atoms with Crippen molar-refractivity contribution in [3.63, 3.8) is 0 Å². The molecule has 0 spiro atoms. The molecule has 4 aromatic rings. The van der Waals surface area contributed by atoms with E-state index in [2.05, 4.69) is 20.7 Å². The third kappa shape index (κ3) is 3.29. The van der Waals surface area contributed by atoms with Crippen LogP contribution in [0.1, 0.15) is 25.9 Å². The third-order valence-electron chi connectivity index (χ3n) is 5.11. The van der Waals surface area contributed by atoms with Crippen molar-refractivity contribution >= 4 is 22.9 Å². The molecule has 31 heavy (non-hydrogen) atoms. The molecule has 2 amide bonds. The quantitative estimate of drug-likeness (QED) is 0.494. The molecule has 158 valence electrons. The number of halogens is 1. The number of tetrazole rings is 1. The Hall–Kier alpha value is -4.15. The van der Waals surface area contributed by atoms with Crippen LogP contribution in [-0.4, -0.2) is 36.6 Å². The van der Waals surface area contributed by atoms with E-state index < -0.39 is 29.4 Å². The average molecular weight is 424 g/mol. The number of hydrogen-bond acceptors (Lipinski definition) is 7. The summed E-state index contributed by atoms with van der Waals surface area (Å²) in [4.78, 5) is 37.3. The van der Waals surface area contributed by atoms with E-state index in [1.807, 2.05) is 30.3 Å². The molecule has 0 bridgehead atoms. The molecule has 0 radical (unpaired) electrons. The van der Waals surface area contributed by atoms with Gasteiger partial charge in [-0.15, -0.1) is 10.2 Å². The second-order valence-electron chi connectivity index (χ2n) is 7.10. The van der Waals surface area contributed by atoms with Crippen LogP contribution in [0.5, 0.6) is 0 Å². The average Bonchev–Trinajstić information content (AvgIpc) is 3.35. The summed E-state index contributed by atoms with van der Waals surface area (Å²) in [5.41, 5.74) is 0.824. The number of hydrogen-bond donors (Lipinski definition) is 1. The number of nitrogens with zero attached hydrogens (tertiary/aromatic N) is 5. The monoisotopic (exact) mass is 424 g/mol. The van der Waals surface area contributed by atoms with Gasteiger partial charge in [-0.25, -0.2) is 9.18 Å². The van der Waals surface area contributed by atoms with E-state index in [1.165, 1.54) is 16.9 Å². The lowest BCUT2D eigenvalue weighted by Gasteiger charge is -2.21. The second-order valence-corrected chi connectivity index (χ2v) is 7.10. The Kier molecular flexibility index (Phi) is 4.42. The van der Waals surface area contributed by atoms with Gasteiger partial charge in [-0.3, -0.25) is 19.5 Å². The van der Waals surface area contributed by atoms with Crippen LogP contribution in [0.15, 0.2) is 51.7 Å². The van der Waals surface area contributed by atoms with Gasteiger partial charge in [0.15, 0.2) is 11.4 Å². The van der Waals surface area contributed by atoms with E-state index in [9.17, 15) is 14.4 Å². The topological polar surface area (TPSA) is 125 Å².